The van der Waals surface area contributed by atoms with Gasteiger partial charge in [-0.15, -0.1) is 0 Å². The van der Waals surface area contributed by atoms with Crippen molar-refractivity contribution in [3.63, 3.8) is 0 Å². The minimum atomic E-state index is 0.503. The SMILES string of the molecule is CC(NCC1CSCCS1)c1ccsc1. The van der Waals surface area contributed by atoms with Gasteiger partial charge in [0.15, 0.2) is 0 Å². The summed E-state index contributed by atoms with van der Waals surface area (Å²) in [6.07, 6.45) is 0. The Kier molecular flexibility index (Phi) is 4.88. The molecule has 1 saturated heterocycles. The summed E-state index contributed by atoms with van der Waals surface area (Å²) >= 11 is 6.00. The Morgan fingerprint density at radius 1 is 1.53 bits per heavy atom. The molecule has 1 aromatic heterocycles. The van der Waals surface area contributed by atoms with Gasteiger partial charge >= 0.3 is 0 Å². The Hall–Kier alpha value is 0.360. The third-order valence-electron chi connectivity index (χ3n) is 2.58. The fourth-order valence-corrected chi connectivity index (χ4v) is 4.98. The Morgan fingerprint density at radius 2 is 2.47 bits per heavy atom. The predicted octanol–water partition coefficient (Wildman–Crippen LogP) is 3.25. The number of nitrogens with one attached hydrogen (secondary N) is 1. The summed E-state index contributed by atoms with van der Waals surface area (Å²) in [5.41, 5.74) is 1.42. The third kappa shape index (κ3) is 3.70. The molecule has 1 nitrogen and oxygen atoms in total. The van der Waals surface area contributed by atoms with Gasteiger partial charge in [-0.05, 0) is 29.3 Å². The summed E-state index contributed by atoms with van der Waals surface area (Å²) in [5.74, 6) is 3.97. The van der Waals surface area contributed by atoms with Gasteiger partial charge < -0.3 is 5.32 Å². The zero-order chi connectivity index (χ0) is 10.5. The lowest BCUT2D eigenvalue weighted by Gasteiger charge is -2.23. The summed E-state index contributed by atoms with van der Waals surface area (Å²) in [4.78, 5) is 0. The average molecular weight is 259 g/mol. The molecule has 1 aromatic rings. The summed E-state index contributed by atoms with van der Waals surface area (Å²) in [6, 6.07) is 2.72. The molecule has 0 saturated carbocycles. The van der Waals surface area contributed by atoms with Crippen LogP contribution in [0.1, 0.15) is 18.5 Å². The van der Waals surface area contributed by atoms with Crippen LogP contribution in [-0.2, 0) is 0 Å². The van der Waals surface area contributed by atoms with Crippen LogP contribution in [0.25, 0.3) is 0 Å². The van der Waals surface area contributed by atoms with E-state index in [4.69, 9.17) is 0 Å². The van der Waals surface area contributed by atoms with E-state index < -0.39 is 0 Å². The van der Waals surface area contributed by atoms with Crippen molar-refractivity contribution >= 4 is 34.9 Å². The summed E-state index contributed by atoms with van der Waals surface area (Å²) < 4.78 is 0. The summed E-state index contributed by atoms with van der Waals surface area (Å²) in [7, 11) is 0. The zero-order valence-corrected chi connectivity index (χ0v) is 11.4. The monoisotopic (exact) mass is 259 g/mol. The van der Waals surface area contributed by atoms with Crippen LogP contribution in [-0.4, -0.2) is 29.1 Å². The van der Waals surface area contributed by atoms with Crippen LogP contribution in [0.4, 0.5) is 0 Å². The van der Waals surface area contributed by atoms with Crippen molar-refractivity contribution < 1.29 is 0 Å². The summed E-state index contributed by atoms with van der Waals surface area (Å²) in [6.45, 7) is 3.40. The molecule has 1 aliphatic rings. The minimum Gasteiger partial charge on any atom is -0.309 e. The number of thiophene rings is 1. The Bertz CT molecular complexity index is 267. The molecular weight excluding hydrogens is 242 g/mol. The molecule has 0 aliphatic carbocycles. The van der Waals surface area contributed by atoms with Gasteiger partial charge in [0.25, 0.3) is 0 Å². The zero-order valence-electron chi connectivity index (χ0n) is 8.94. The smallest absolute Gasteiger partial charge is 0.0300 e. The highest BCUT2D eigenvalue weighted by Gasteiger charge is 2.15. The van der Waals surface area contributed by atoms with E-state index in [2.05, 4.69) is 52.6 Å². The lowest BCUT2D eigenvalue weighted by atomic mass is 10.2. The largest absolute Gasteiger partial charge is 0.309 e. The first-order chi connectivity index (χ1) is 7.36. The molecule has 2 rings (SSSR count). The van der Waals surface area contributed by atoms with Crippen molar-refractivity contribution in [3.05, 3.63) is 22.4 Å². The number of thioether (sulfide) groups is 2. The van der Waals surface area contributed by atoms with E-state index in [1.165, 1.54) is 22.8 Å². The van der Waals surface area contributed by atoms with Crippen LogP contribution >= 0.6 is 34.9 Å². The van der Waals surface area contributed by atoms with E-state index in [-0.39, 0.29) is 0 Å². The Balaban J connectivity index is 1.73. The van der Waals surface area contributed by atoms with E-state index in [1.807, 2.05) is 0 Å². The van der Waals surface area contributed by atoms with Crippen LogP contribution in [0.5, 0.6) is 0 Å². The number of hydrogen-bond acceptors (Lipinski definition) is 4. The highest BCUT2D eigenvalue weighted by atomic mass is 32.2. The lowest BCUT2D eigenvalue weighted by molar-refractivity contribution is 0.578. The van der Waals surface area contributed by atoms with Crippen LogP contribution in [0.2, 0.25) is 0 Å². The molecule has 0 spiro atoms. The van der Waals surface area contributed by atoms with Crippen LogP contribution in [0.3, 0.4) is 0 Å². The van der Waals surface area contributed by atoms with Crippen LogP contribution in [0, 0.1) is 0 Å². The van der Waals surface area contributed by atoms with E-state index in [0.717, 1.165) is 11.8 Å². The molecule has 1 aliphatic heterocycles. The molecule has 0 aromatic carbocycles. The molecule has 15 heavy (non-hydrogen) atoms. The third-order valence-corrected chi connectivity index (χ3v) is 6.13. The van der Waals surface area contributed by atoms with E-state index in [1.54, 1.807) is 11.3 Å². The van der Waals surface area contributed by atoms with Gasteiger partial charge in [-0.2, -0.15) is 34.9 Å². The van der Waals surface area contributed by atoms with Crippen molar-refractivity contribution in [2.75, 3.05) is 23.8 Å². The maximum absolute atomic E-state index is 3.63. The van der Waals surface area contributed by atoms with Crippen LogP contribution in [0.15, 0.2) is 16.8 Å². The first-order valence-corrected chi connectivity index (χ1v) is 8.45. The van der Waals surface area contributed by atoms with E-state index in [0.29, 0.717) is 6.04 Å². The molecule has 1 fully saturated rings. The average Bonchev–Trinajstić information content (AvgIpc) is 2.81. The maximum Gasteiger partial charge on any atom is 0.0300 e. The van der Waals surface area contributed by atoms with Gasteiger partial charge in [-0.3, -0.25) is 0 Å². The van der Waals surface area contributed by atoms with E-state index in [9.17, 15) is 0 Å². The Labute approximate surface area is 104 Å². The quantitative estimate of drug-likeness (QED) is 0.891. The van der Waals surface area contributed by atoms with Gasteiger partial charge in [0.05, 0.1) is 0 Å². The van der Waals surface area contributed by atoms with E-state index >= 15 is 0 Å². The summed E-state index contributed by atoms with van der Waals surface area (Å²) in [5, 5.41) is 8.83. The molecule has 2 heterocycles. The molecule has 2 unspecified atom stereocenters. The maximum atomic E-state index is 3.63. The molecule has 2 atom stereocenters. The van der Waals surface area contributed by atoms with Gasteiger partial charge in [-0.25, -0.2) is 0 Å². The van der Waals surface area contributed by atoms with Crippen LogP contribution < -0.4 is 5.32 Å². The molecule has 4 heteroatoms. The van der Waals surface area contributed by atoms with Gasteiger partial charge in [0, 0.05) is 35.1 Å². The Morgan fingerprint density at radius 3 is 3.13 bits per heavy atom. The predicted molar refractivity (Wildman–Crippen MR) is 74.3 cm³/mol. The first kappa shape index (κ1) is 11.8. The van der Waals surface area contributed by atoms with Crippen molar-refractivity contribution in [2.45, 2.75) is 18.2 Å². The standard InChI is InChI=1S/C11H17NS3/c1-9(10-2-3-13-7-10)12-6-11-8-14-4-5-15-11/h2-3,7,9,11-12H,4-6,8H2,1H3. The lowest BCUT2D eigenvalue weighted by Crippen LogP contribution is -2.30. The molecular formula is C11H17NS3. The molecule has 0 bridgehead atoms. The molecule has 84 valence electrons. The second-order valence-electron chi connectivity index (χ2n) is 3.75. The highest BCUT2D eigenvalue weighted by molar-refractivity contribution is 8.06. The second-order valence-corrected chi connectivity index (χ2v) is 7.09. The van der Waals surface area contributed by atoms with Crippen molar-refractivity contribution in [3.8, 4) is 0 Å². The second kappa shape index (κ2) is 6.18. The van der Waals surface area contributed by atoms with Gasteiger partial charge in [-0.1, -0.05) is 0 Å². The van der Waals surface area contributed by atoms with Gasteiger partial charge in [0.1, 0.15) is 0 Å². The number of rotatable bonds is 4. The first-order valence-electron chi connectivity index (χ1n) is 5.31. The topological polar surface area (TPSA) is 12.0 Å². The number of hydrogen-bond donors (Lipinski definition) is 1. The minimum absolute atomic E-state index is 0.503. The van der Waals surface area contributed by atoms with Crippen molar-refractivity contribution in [1.82, 2.24) is 5.32 Å². The fourth-order valence-electron chi connectivity index (χ4n) is 1.60. The molecule has 0 radical (unpaired) electrons. The highest BCUT2D eigenvalue weighted by Crippen LogP contribution is 2.24. The van der Waals surface area contributed by atoms with Crippen molar-refractivity contribution in [2.24, 2.45) is 0 Å². The van der Waals surface area contributed by atoms with Crippen molar-refractivity contribution in [1.29, 1.82) is 0 Å². The fraction of sp³-hybridized carbons (Fsp3) is 0.636. The normalized spacial score (nSPS) is 23.9. The molecule has 0 amide bonds. The molecule has 1 N–H and O–H groups in total. The van der Waals surface area contributed by atoms with Gasteiger partial charge in [0.2, 0.25) is 0 Å².